The molecule has 1 aliphatic rings. The third-order valence-corrected chi connectivity index (χ3v) is 3.53. The average Bonchev–Trinajstić information content (AvgIpc) is 3.13. The minimum atomic E-state index is -5.08. The van der Waals surface area contributed by atoms with Gasteiger partial charge in [-0.25, -0.2) is 19.6 Å². The Hall–Kier alpha value is -4.17. The topological polar surface area (TPSA) is 141 Å². The number of anilines is 2. The highest BCUT2D eigenvalue weighted by molar-refractivity contribution is 5.93. The van der Waals surface area contributed by atoms with Crippen molar-refractivity contribution in [2.24, 2.45) is 0 Å². The summed E-state index contributed by atoms with van der Waals surface area (Å²) >= 11 is 0. The lowest BCUT2D eigenvalue weighted by atomic mass is 10.1. The third kappa shape index (κ3) is 5.93. The summed E-state index contributed by atoms with van der Waals surface area (Å²) in [6, 6.07) is 5.88. The summed E-state index contributed by atoms with van der Waals surface area (Å²) in [7, 11) is 0. The average molecular weight is 463 g/mol. The number of halogens is 6. The van der Waals surface area contributed by atoms with Crippen molar-refractivity contribution in [3.05, 3.63) is 43.1 Å². The Labute approximate surface area is 173 Å². The number of hydrogen-bond donors (Lipinski definition) is 4. The molecule has 0 aliphatic carbocycles. The first-order chi connectivity index (χ1) is 14.8. The maximum atomic E-state index is 10.6. The van der Waals surface area contributed by atoms with E-state index in [0.717, 1.165) is 34.0 Å². The zero-order chi connectivity index (χ0) is 24.1. The van der Waals surface area contributed by atoms with Crippen LogP contribution in [0.5, 0.6) is 0 Å². The van der Waals surface area contributed by atoms with Gasteiger partial charge < -0.3 is 20.5 Å². The van der Waals surface area contributed by atoms with Crippen molar-refractivity contribution in [3.8, 4) is 22.5 Å². The zero-order valence-electron chi connectivity index (χ0n) is 15.4. The first-order valence-electron chi connectivity index (χ1n) is 8.12. The molecule has 0 saturated carbocycles. The number of nitrogens with one attached hydrogen (secondary N) is 2. The molecule has 170 valence electrons. The van der Waals surface area contributed by atoms with E-state index in [0.29, 0.717) is 0 Å². The van der Waals surface area contributed by atoms with Crippen molar-refractivity contribution in [1.29, 1.82) is 0 Å². The summed E-state index contributed by atoms with van der Waals surface area (Å²) in [5.41, 5.74) is 4.88. The lowest BCUT2D eigenvalue weighted by Crippen LogP contribution is -2.21. The molecule has 3 aromatic heterocycles. The highest BCUT2D eigenvalue weighted by Gasteiger charge is 2.38. The number of imidazole rings is 1. The number of aromatic amines is 1. The zero-order valence-corrected chi connectivity index (χ0v) is 15.4. The van der Waals surface area contributed by atoms with Crippen LogP contribution in [0.2, 0.25) is 0 Å². The normalized spacial score (nSPS) is 11.6. The molecule has 0 spiro atoms. The van der Waals surface area contributed by atoms with Gasteiger partial charge in [0, 0.05) is 23.5 Å². The fourth-order valence-corrected chi connectivity index (χ4v) is 2.24. The summed E-state index contributed by atoms with van der Waals surface area (Å²) in [6.07, 6.45) is -3.13. The summed E-state index contributed by atoms with van der Waals surface area (Å²) < 4.78 is 63.5. The van der Waals surface area contributed by atoms with Gasteiger partial charge in [-0.2, -0.15) is 26.3 Å². The second-order valence-electron chi connectivity index (χ2n) is 5.68. The molecule has 0 bridgehead atoms. The van der Waals surface area contributed by atoms with Crippen molar-refractivity contribution < 1.29 is 46.1 Å². The van der Waals surface area contributed by atoms with Crippen LogP contribution in [-0.4, -0.2) is 54.4 Å². The maximum absolute atomic E-state index is 10.6. The van der Waals surface area contributed by atoms with Crippen LogP contribution in [0.3, 0.4) is 0 Å². The minimum Gasteiger partial charge on any atom is -0.475 e. The van der Waals surface area contributed by atoms with E-state index < -0.39 is 24.3 Å². The first kappa shape index (κ1) is 24.1. The van der Waals surface area contributed by atoms with Crippen LogP contribution in [0.15, 0.2) is 43.1 Å². The molecule has 3 aromatic rings. The number of hydrogen-bond acceptors (Lipinski definition) is 6. The second kappa shape index (κ2) is 9.32. The van der Waals surface area contributed by atoms with Gasteiger partial charge in [-0.05, 0) is 18.2 Å². The standard InChI is InChI=1S/C13H9N5.2C2HF3O2/c1-2-9-12-11(16-7-17-12)8-3-5-14-6-10(8)18-13(9)15-4-1;2*3-2(4,5)1(6)7/h1-7H,(H,15,18)(H,16,17);2*(H,6,7). The highest BCUT2D eigenvalue weighted by Crippen LogP contribution is 2.40. The number of nitrogens with zero attached hydrogens (tertiary/aromatic N) is 3. The van der Waals surface area contributed by atoms with Crippen LogP contribution in [0.25, 0.3) is 22.5 Å². The number of carboxylic acid groups (broad SMARTS) is 2. The highest BCUT2D eigenvalue weighted by atomic mass is 19.4. The molecule has 0 radical (unpaired) electrons. The molecule has 15 heteroatoms. The molecule has 4 heterocycles. The van der Waals surface area contributed by atoms with E-state index in [1.165, 1.54) is 0 Å². The molecule has 0 saturated heterocycles. The molecule has 1 aliphatic heterocycles. The summed E-state index contributed by atoms with van der Waals surface area (Å²) in [4.78, 5) is 33.9. The van der Waals surface area contributed by atoms with Gasteiger partial charge in [0.15, 0.2) is 0 Å². The molecule has 0 atom stereocenters. The Morgan fingerprint density at radius 1 is 0.875 bits per heavy atom. The van der Waals surface area contributed by atoms with E-state index in [1.807, 2.05) is 18.2 Å². The Morgan fingerprint density at radius 3 is 2.03 bits per heavy atom. The summed E-state index contributed by atoms with van der Waals surface area (Å²) in [5, 5.41) is 17.6. The summed E-state index contributed by atoms with van der Waals surface area (Å²) in [6.45, 7) is 0. The number of carboxylic acids is 2. The van der Waals surface area contributed by atoms with Crippen molar-refractivity contribution in [1.82, 2.24) is 19.9 Å². The lowest BCUT2D eigenvalue weighted by Gasteiger charge is -2.07. The van der Waals surface area contributed by atoms with Gasteiger partial charge in [0.05, 0.1) is 29.6 Å². The maximum Gasteiger partial charge on any atom is 0.490 e. The fourth-order valence-electron chi connectivity index (χ4n) is 2.24. The van der Waals surface area contributed by atoms with Gasteiger partial charge in [0.1, 0.15) is 5.82 Å². The van der Waals surface area contributed by atoms with E-state index in [2.05, 4.69) is 25.3 Å². The fraction of sp³-hybridized carbons (Fsp3) is 0.118. The lowest BCUT2D eigenvalue weighted by molar-refractivity contribution is -0.193. The number of aromatic nitrogens is 4. The Bertz CT molecular complexity index is 1030. The quantitative estimate of drug-likeness (QED) is 0.288. The van der Waals surface area contributed by atoms with Crippen LogP contribution < -0.4 is 5.32 Å². The number of pyridine rings is 2. The smallest absolute Gasteiger partial charge is 0.475 e. The van der Waals surface area contributed by atoms with Crippen molar-refractivity contribution in [3.63, 3.8) is 0 Å². The Balaban J connectivity index is 0.000000218. The second-order valence-corrected chi connectivity index (χ2v) is 5.68. The number of fused-ring (bicyclic) bond motifs is 5. The predicted octanol–water partition coefficient (Wildman–Crippen LogP) is 3.86. The third-order valence-electron chi connectivity index (χ3n) is 3.53. The van der Waals surface area contributed by atoms with Crippen LogP contribution in [0, 0.1) is 0 Å². The molecular formula is C17H11F6N5O4. The van der Waals surface area contributed by atoms with E-state index in [-0.39, 0.29) is 0 Å². The molecule has 0 aromatic carbocycles. The van der Waals surface area contributed by atoms with Gasteiger partial charge in [-0.3, -0.25) is 4.98 Å². The van der Waals surface area contributed by atoms with Gasteiger partial charge in [0.2, 0.25) is 0 Å². The number of rotatable bonds is 0. The number of carbonyl (C=O) groups is 2. The van der Waals surface area contributed by atoms with Crippen LogP contribution >= 0.6 is 0 Å². The van der Waals surface area contributed by atoms with Gasteiger partial charge >= 0.3 is 24.3 Å². The largest absolute Gasteiger partial charge is 0.490 e. The van der Waals surface area contributed by atoms with E-state index in [9.17, 15) is 26.3 Å². The number of H-pyrrole nitrogens is 1. The number of alkyl halides is 6. The summed E-state index contributed by atoms with van der Waals surface area (Å²) in [5.74, 6) is -4.71. The monoisotopic (exact) mass is 463 g/mol. The molecule has 4 rings (SSSR count). The molecule has 4 N–H and O–H groups in total. The van der Waals surface area contributed by atoms with Gasteiger partial charge in [-0.1, -0.05) is 0 Å². The van der Waals surface area contributed by atoms with Crippen LogP contribution in [-0.2, 0) is 9.59 Å². The van der Waals surface area contributed by atoms with Crippen molar-refractivity contribution >= 4 is 23.4 Å². The van der Waals surface area contributed by atoms with E-state index in [1.54, 1.807) is 24.9 Å². The van der Waals surface area contributed by atoms with Gasteiger partial charge in [0.25, 0.3) is 0 Å². The first-order valence-corrected chi connectivity index (χ1v) is 8.12. The molecule has 0 fully saturated rings. The minimum absolute atomic E-state index is 0.803. The van der Waals surface area contributed by atoms with Gasteiger partial charge in [-0.15, -0.1) is 0 Å². The van der Waals surface area contributed by atoms with Crippen molar-refractivity contribution in [2.75, 3.05) is 5.32 Å². The molecule has 9 nitrogen and oxygen atoms in total. The Kier molecular flexibility index (Phi) is 7.02. The molecule has 0 amide bonds. The van der Waals surface area contributed by atoms with Crippen LogP contribution in [0.1, 0.15) is 0 Å². The number of aliphatic carboxylic acids is 2. The van der Waals surface area contributed by atoms with Crippen molar-refractivity contribution in [2.45, 2.75) is 12.4 Å². The predicted molar refractivity (Wildman–Crippen MR) is 95.7 cm³/mol. The SMILES string of the molecule is O=C(O)C(F)(F)F.O=C(O)C(F)(F)F.c1cnc2c(c1)-c1nc[nH]c1-c1ccncc1N2. The van der Waals surface area contributed by atoms with Crippen LogP contribution in [0.4, 0.5) is 37.8 Å². The van der Waals surface area contributed by atoms with E-state index >= 15 is 0 Å². The Morgan fingerprint density at radius 2 is 1.47 bits per heavy atom. The molecule has 0 unspecified atom stereocenters. The van der Waals surface area contributed by atoms with E-state index in [4.69, 9.17) is 19.8 Å². The molecule has 32 heavy (non-hydrogen) atoms. The molecular weight excluding hydrogens is 452 g/mol.